The molecule has 1 N–H and O–H groups in total. The van der Waals surface area contributed by atoms with Crippen LogP contribution < -0.4 is 5.32 Å². The van der Waals surface area contributed by atoms with Crippen LogP contribution in [0.1, 0.15) is 22.3 Å². The molecule has 0 atom stereocenters. The minimum Gasteiger partial charge on any atom is -0.326 e. The van der Waals surface area contributed by atoms with Gasteiger partial charge >= 0.3 is 0 Å². The number of hydrogen-bond donors (Lipinski definition) is 1. The molecule has 3 nitrogen and oxygen atoms in total. The Kier molecular flexibility index (Phi) is 4.50. The van der Waals surface area contributed by atoms with Crippen molar-refractivity contribution in [1.29, 1.82) is 0 Å². The minimum atomic E-state index is 0.0323. The summed E-state index contributed by atoms with van der Waals surface area (Å²) in [6, 6.07) is 12.9. The number of ketones is 1. The van der Waals surface area contributed by atoms with Gasteiger partial charge in [0.15, 0.2) is 5.78 Å². The molecule has 0 bridgehead atoms. The summed E-state index contributed by atoms with van der Waals surface area (Å²) in [5, 5.41) is 3.51. The van der Waals surface area contributed by atoms with E-state index in [4.69, 9.17) is 11.6 Å². The highest BCUT2D eigenvalue weighted by Crippen LogP contribution is 2.25. The zero-order valence-electron chi connectivity index (χ0n) is 11.8. The van der Waals surface area contributed by atoms with E-state index >= 15 is 0 Å². The van der Waals surface area contributed by atoms with Gasteiger partial charge < -0.3 is 5.32 Å². The molecule has 0 fully saturated rings. The van der Waals surface area contributed by atoms with Gasteiger partial charge in [0.25, 0.3) is 0 Å². The molecular weight excluding hydrogens is 318 g/mol. The second-order valence-electron chi connectivity index (χ2n) is 5.09. The highest BCUT2D eigenvalue weighted by atomic mass is 35.5. The Hall–Kier alpha value is -1.78. The normalized spacial score (nSPS) is 13.4. The molecule has 1 amide bonds. The van der Waals surface area contributed by atoms with E-state index in [9.17, 15) is 9.59 Å². The molecular formula is C17H14ClNO2S. The first-order valence-corrected chi connectivity index (χ1v) is 8.32. The molecule has 0 spiro atoms. The lowest BCUT2D eigenvalue weighted by Crippen LogP contribution is -2.19. The number of rotatable bonds is 4. The van der Waals surface area contributed by atoms with Crippen molar-refractivity contribution in [3.05, 3.63) is 58.6 Å². The van der Waals surface area contributed by atoms with Crippen molar-refractivity contribution in [2.24, 2.45) is 0 Å². The quantitative estimate of drug-likeness (QED) is 0.674. The number of nitrogens with one attached hydrogen (secondary N) is 1. The molecule has 1 aliphatic heterocycles. The Bertz CT molecular complexity index is 728. The van der Waals surface area contributed by atoms with Crippen LogP contribution in [-0.4, -0.2) is 17.4 Å². The van der Waals surface area contributed by atoms with E-state index in [1.807, 2.05) is 36.4 Å². The molecule has 22 heavy (non-hydrogen) atoms. The summed E-state index contributed by atoms with van der Waals surface area (Å²) >= 11 is 7.33. The zero-order valence-corrected chi connectivity index (χ0v) is 13.3. The van der Waals surface area contributed by atoms with Crippen LogP contribution in [0.15, 0.2) is 47.4 Å². The summed E-state index contributed by atoms with van der Waals surface area (Å²) in [4.78, 5) is 24.7. The second kappa shape index (κ2) is 6.55. The third-order valence-corrected chi connectivity index (χ3v) is 4.77. The van der Waals surface area contributed by atoms with Crippen molar-refractivity contribution in [3.8, 4) is 0 Å². The molecule has 3 rings (SSSR count). The van der Waals surface area contributed by atoms with Crippen molar-refractivity contribution >= 4 is 40.7 Å². The van der Waals surface area contributed by atoms with E-state index in [0.717, 1.165) is 16.1 Å². The van der Waals surface area contributed by atoms with Crippen LogP contribution in [0.2, 0.25) is 5.02 Å². The van der Waals surface area contributed by atoms with Crippen LogP contribution >= 0.6 is 23.4 Å². The fraction of sp³-hybridized carbons (Fsp3) is 0.176. The van der Waals surface area contributed by atoms with E-state index in [0.29, 0.717) is 29.2 Å². The molecule has 2 aromatic carbocycles. The van der Waals surface area contributed by atoms with Gasteiger partial charge in [-0.2, -0.15) is 0 Å². The number of benzene rings is 2. The largest absolute Gasteiger partial charge is 0.326 e. The SMILES string of the molecule is O=C1CCc2cc(C(=O)CSc3ccc(Cl)cc3)ccc2N1. The Balaban J connectivity index is 1.67. The maximum atomic E-state index is 12.3. The lowest BCUT2D eigenvalue weighted by molar-refractivity contribution is -0.116. The molecule has 0 aliphatic carbocycles. The van der Waals surface area contributed by atoms with E-state index in [1.54, 1.807) is 6.07 Å². The Morgan fingerprint density at radius 2 is 1.91 bits per heavy atom. The van der Waals surface area contributed by atoms with Crippen molar-refractivity contribution in [1.82, 2.24) is 0 Å². The van der Waals surface area contributed by atoms with Gasteiger partial charge in [0, 0.05) is 27.6 Å². The molecule has 0 radical (unpaired) electrons. The number of anilines is 1. The van der Waals surface area contributed by atoms with E-state index < -0.39 is 0 Å². The second-order valence-corrected chi connectivity index (χ2v) is 6.57. The fourth-order valence-corrected chi connectivity index (χ4v) is 3.24. The minimum absolute atomic E-state index is 0.0323. The topological polar surface area (TPSA) is 46.2 Å². The fourth-order valence-electron chi connectivity index (χ4n) is 2.32. The molecule has 112 valence electrons. The monoisotopic (exact) mass is 331 g/mol. The molecule has 1 heterocycles. The molecule has 0 saturated carbocycles. The number of carbonyl (C=O) groups is 2. The molecule has 0 aromatic heterocycles. The number of Topliss-reactive ketones (excluding diaryl/α,β-unsaturated/α-hetero) is 1. The maximum absolute atomic E-state index is 12.3. The van der Waals surface area contributed by atoms with Crippen LogP contribution in [0.5, 0.6) is 0 Å². The molecule has 2 aromatic rings. The van der Waals surface area contributed by atoms with Gasteiger partial charge in [-0.3, -0.25) is 9.59 Å². The van der Waals surface area contributed by atoms with Gasteiger partial charge in [-0.15, -0.1) is 11.8 Å². The number of amides is 1. The Morgan fingerprint density at radius 1 is 1.14 bits per heavy atom. The molecule has 0 saturated heterocycles. The van der Waals surface area contributed by atoms with Gasteiger partial charge in [0.2, 0.25) is 5.91 Å². The summed E-state index contributed by atoms with van der Waals surface area (Å²) in [5.41, 5.74) is 2.54. The first-order valence-electron chi connectivity index (χ1n) is 6.96. The smallest absolute Gasteiger partial charge is 0.224 e. The van der Waals surface area contributed by atoms with Crippen molar-refractivity contribution in [3.63, 3.8) is 0 Å². The highest BCUT2D eigenvalue weighted by molar-refractivity contribution is 8.00. The summed E-state index contributed by atoms with van der Waals surface area (Å²) < 4.78 is 0. The maximum Gasteiger partial charge on any atom is 0.224 e. The van der Waals surface area contributed by atoms with E-state index in [2.05, 4.69) is 5.32 Å². The number of aryl methyl sites for hydroxylation is 1. The van der Waals surface area contributed by atoms with Gasteiger partial charge in [-0.05, 0) is 54.4 Å². The van der Waals surface area contributed by atoms with Crippen LogP contribution in [0.25, 0.3) is 0 Å². The first-order chi connectivity index (χ1) is 10.6. The predicted octanol–water partition coefficient (Wildman–Crippen LogP) is 4.20. The van der Waals surface area contributed by atoms with Crippen molar-refractivity contribution < 1.29 is 9.59 Å². The Morgan fingerprint density at radius 3 is 2.68 bits per heavy atom. The summed E-state index contributed by atoms with van der Waals surface area (Å²) in [6.45, 7) is 0. The third kappa shape index (κ3) is 3.51. The van der Waals surface area contributed by atoms with Crippen molar-refractivity contribution in [2.45, 2.75) is 17.7 Å². The number of fused-ring (bicyclic) bond motifs is 1. The van der Waals surface area contributed by atoms with Crippen LogP contribution in [0.4, 0.5) is 5.69 Å². The van der Waals surface area contributed by atoms with Crippen LogP contribution in [-0.2, 0) is 11.2 Å². The average Bonchev–Trinajstić information content (AvgIpc) is 2.53. The molecule has 5 heteroatoms. The lowest BCUT2D eigenvalue weighted by atomic mass is 9.99. The van der Waals surface area contributed by atoms with Gasteiger partial charge in [0.05, 0.1) is 5.75 Å². The van der Waals surface area contributed by atoms with Crippen LogP contribution in [0.3, 0.4) is 0 Å². The highest BCUT2D eigenvalue weighted by Gasteiger charge is 2.16. The molecule has 0 unspecified atom stereocenters. The first kappa shape index (κ1) is 15.1. The van der Waals surface area contributed by atoms with Crippen LogP contribution in [0, 0.1) is 0 Å². The number of hydrogen-bond acceptors (Lipinski definition) is 3. The van der Waals surface area contributed by atoms with Gasteiger partial charge in [-0.1, -0.05) is 11.6 Å². The third-order valence-electron chi connectivity index (χ3n) is 3.51. The lowest BCUT2D eigenvalue weighted by Gasteiger charge is -2.17. The van der Waals surface area contributed by atoms with E-state index in [1.165, 1.54) is 11.8 Å². The average molecular weight is 332 g/mol. The molecule has 1 aliphatic rings. The van der Waals surface area contributed by atoms with Crippen molar-refractivity contribution in [2.75, 3.05) is 11.1 Å². The summed E-state index contributed by atoms with van der Waals surface area (Å²) in [7, 11) is 0. The number of halogens is 1. The zero-order chi connectivity index (χ0) is 15.5. The summed E-state index contributed by atoms with van der Waals surface area (Å²) in [6.07, 6.45) is 1.16. The Labute approximate surface area is 138 Å². The number of thioether (sulfide) groups is 1. The summed E-state index contributed by atoms with van der Waals surface area (Å²) in [5.74, 6) is 0.497. The predicted molar refractivity (Wildman–Crippen MR) is 89.9 cm³/mol. The standard InChI is InChI=1S/C17H14ClNO2S/c18-13-3-5-14(6-4-13)22-10-16(20)12-1-7-15-11(9-12)2-8-17(21)19-15/h1,3-7,9H,2,8,10H2,(H,19,21). The van der Waals surface area contributed by atoms with Gasteiger partial charge in [-0.25, -0.2) is 0 Å². The number of carbonyl (C=O) groups excluding carboxylic acids is 2. The van der Waals surface area contributed by atoms with Gasteiger partial charge in [0.1, 0.15) is 0 Å². The van der Waals surface area contributed by atoms with E-state index in [-0.39, 0.29) is 11.7 Å².